The van der Waals surface area contributed by atoms with Gasteiger partial charge in [-0.15, -0.1) is 0 Å². The van der Waals surface area contributed by atoms with E-state index in [4.69, 9.17) is 16.9 Å². The van der Waals surface area contributed by atoms with Gasteiger partial charge in [-0.25, -0.2) is 4.98 Å². The number of rotatable bonds is 5. The topological polar surface area (TPSA) is 89.2 Å². The Morgan fingerprint density at radius 3 is 2.56 bits per heavy atom. The molecule has 3 rings (SSSR count). The molecule has 0 aromatic carbocycles. The predicted octanol–water partition coefficient (Wildman–Crippen LogP) is 2.87. The molecule has 1 aromatic heterocycles. The van der Waals surface area contributed by atoms with E-state index in [1.165, 1.54) is 11.3 Å². The molecule has 0 atom stereocenters. The van der Waals surface area contributed by atoms with Crippen LogP contribution in [0.25, 0.3) is 0 Å². The van der Waals surface area contributed by atoms with E-state index in [9.17, 15) is 9.90 Å². The maximum absolute atomic E-state index is 12.8. The molecule has 0 bridgehead atoms. The lowest BCUT2D eigenvalue weighted by Gasteiger charge is -2.40. The Bertz CT molecular complexity index is 700. The van der Waals surface area contributed by atoms with Crippen molar-refractivity contribution in [2.75, 3.05) is 25.0 Å². The average Bonchev–Trinajstić information content (AvgIpc) is 3.32. The maximum atomic E-state index is 12.8. The van der Waals surface area contributed by atoms with Gasteiger partial charge in [-0.2, -0.15) is 5.26 Å². The van der Waals surface area contributed by atoms with Crippen LogP contribution in [0.2, 0.25) is 5.15 Å². The Morgan fingerprint density at radius 2 is 2.08 bits per heavy atom. The largest absolute Gasteiger partial charge is 0.388 e. The van der Waals surface area contributed by atoms with Crippen LogP contribution in [0.1, 0.15) is 44.4 Å². The standard InChI is InChI=1S/C17H23ClN4O2S/c1-11(2)17(3-4-17)14(23)22-7-5-16(24,6-8-22)10-20-15-21-13(18)12(9-19)25-15/h11,24H,3-8,10H2,1-2H3,(H,20,21). The van der Waals surface area contributed by atoms with Crippen molar-refractivity contribution in [2.45, 2.75) is 45.1 Å². The second-order valence-corrected chi connectivity index (χ2v) is 8.79. The molecule has 136 valence electrons. The van der Waals surface area contributed by atoms with Crippen molar-refractivity contribution in [3.8, 4) is 6.07 Å². The summed E-state index contributed by atoms with van der Waals surface area (Å²) in [6, 6.07) is 1.99. The second kappa shape index (κ2) is 6.75. The van der Waals surface area contributed by atoms with Crippen molar-refractivity contribution >= 4 is 34.0 Å². The first-order valence-corrected chi connectivity index (χ1v) is 9.81. The van der Waals surface area contributed by atoms with Crippen LogP contribution < -0.4 is 5.32 Å². The monoisotopic (exact) mass is 382 g/mol. The fraction of sp³-hybridized carbons (Fsp3) is 0.706. The van der Waals surface area contributed by atoms with Gasteiger partial charge in [-0.1, -0.05) is 36.8 Å². The number of carbonyl (C=O) groups is 1. The molecule has 0 spiro atoms. The molecule has 1 aromatic rings. The SMILES string of the molecule is CC(C)C1(C(=O)N2CCC(O)(CNc3nc(Cl)c(C#N)s3)CC2)CC1. The fourth-order valence-electron chi connectivity index (χ4n) is 3.48. The van der Waals surface area contributed by atoms with Gasteiger partial charge in [-0.05, 0) is 31.6 Å². The van der Waals surface area contributed by atoms with Crippen LogP contribution in [-0.4, -0.2) is 46.1 Å². The lowest BCUT2D eigenvalue weighted by atomic mass is 9.87. The molecule has 1 amide bonds. The number of aliphatic hydroxyl groups is 1. The number of amides is 1. The van der Waals surface area contributed by atoms with Gasteiger partial charge >= 0.3 is 0 Å². The summed E-state index contributed by atoms with van der Waals surface area (Å²) in [6.45, 7) is 5.72. The summed E-state index contributed by atoms with van der Waals surface area (Å²) in [4.78, 5) is 19.1. The number of hydrogen-bond donors (Lipinski definition) is 2. The Hall–Kier alpha value is -1.36. The van der Waals surface area contributed by atoms with Gasteiger partial charge in [0.2, 0.25) is 5.91 Å². The maximum Gasteiger partial charge on any atom is 0.229 e. The van der Waals surface area contributed by atoms with Crippen molar-refractivity contribution < 1.29 is 9.90 Å². The number of anilines is 1. The molecule has 1 saturated heterocycles. The summed E-state index contributed by atoms with van der Waals surface area (Å²) < 4.78 is 0. The van der Waals surface area contributed by atoms with E-state index in [0.29, 0.717) is 48.4 Å². The number of likely N-dealkylation sites (tertiary alicyclic amines) is 1. The zero-order chi connectivity index (χ0) is 18.2. The highest BCUT2D eigenvalue weighted by molar-refractivity contribution is 7.16. The molecule has 2 fully saturated rings. The first-order chi connectivity index (χ1) is 11.8. The number of nitrogens with one attached hydrogen (secondary N) is 1. The van der Waals surface area contributed by atoms with Crippen molar-refractivity contribution in [3.63, 3.8) is 0 Å². The fourth-order valence-corrected chi connectivity index (χ4v) is 4.42. The number of hydrogen-bond acceptors (Lipinski definition) is 6. The minimum atomic E-state index is -0.879. The number of aromatic nitrogens is 1. The Labute approximate surface area is 156 Å². The van der Waals surface area contributed by atoms with Crippen LogP contribution in [0.15, 0.2) is 0 Å². The minimum absolute atomic E-state index is 0.154. The van der Waals surface area contributed by atoms with Crippen LogP contribution in [0.3, 0.4) is 0 Å². The zero-order valence-electron chi connectivity index (χ0n) is 14.5. The van der Waals surface area contributed by atoms with Crippen LogP contribution in [-0.2, 0) is 4.79 Å². The van der Waals surface area contributed by atoms with Crippen molar-refractivity contribution in [2.24, 2.45) is 11.3 Å². The van der Waals surface area contributed by atoms with Gasteiger partial charge in [0.05, 0.1) is 11.0 Å². The third kappa shape index (κ3) is 3.62. The van der Waals surface area contributed by atoms with Gasteiger partial charge in [0.1, 0.15) is 10.9 Å². The van der Waals surface area contributed by atoms with E-state index >= 15 is 0 Å². The van der Waals surface area contributed by atoms with Crippen LogP contribution in [0, 0.1) is 22.7 Å². The van der Waals surface area contributed by atoms with Crippen molar-refractivity contribution in [1.82, 2.24) is 9.88 Å². The Morgan fingerprint density at radius 1 is 1.44 bits per heavy atom. The number of thiazole rings is 1. The van der Waals surface area contributed by atoms with Gasteiger partial charge in [0, 0.05) is 19.6 Å². The van der Waals surface area contributed by atoms with E-state index in [0.717, 1.165) is 12.8 Å². The van der Waals surface area contributed by atoms with E-state index in [2.05, 4.69) is 24.1 Å². The Balaban J connectivity index is 1.54. The van der Waals surface area contributed by atoms with Gasteiger partial charge in [0.25, 0.3) is 0 Å². The average molecular weight is 383 g/mol. The third-order valence-electron chi connectivity index (χ3n) is 5.56. The smallest absolute Gasteiger partial charge is 0.229 e. The molecule has 1 saturated carbocycles. The number of nitriles is 1. The van der Waals surface area contributed by atoms with Crippen LogP contribution >= 0.6 is 22.9 Å². The summed E-state index contributed by atoms with van der Waals surface area (Å²) in [5.41, 5.74) is -1.03. The second-order valence-electron chi connectivity index (χ2n) is 7.43. The molecule has 0 radical (unpaired) electrons. The lowest BCUT2D eigenvalue weighted by molar-refractivity contribution is -0.142. The van der Waals surface area contributed by atoms with Crippen molar-refractivity contribution in [1.29, 1.82) is 5.26 Å². The normalized spacial score (nSPS) is 21.0. The van der Waals surface area contributed by atoms with Gasteiger partial charge in [-0.3, -0.25) is 4.79 Å². The number of carbonyl (C=O) groups excluding carboxylic acids is 1. The lowest BCUT2D eigenvalue weighted by Crippen LogP contribution is -2.52. The molecule has 6 nitrogen and oxygen atoms in total. The highest BCUT2D eigenvalue weighted by atomic mass is 35.5. The van der Waals surface area contributed by atoms with Crippen LogP contribution in [0.4, 0.5) is 5.13 Å². The summed E-state index contributed by atoms with van der Waals surface area (Å²) in [6.07, 6.45) is 3.03. The molecule has 1 aliphatic heterocycles. The highest BCUT2D eigenvalue weighted by Crippen LogP contribution is 2.53. The first-order valence-electron chi connectivity index (χ1n) is 8.62. The summed E-state index contributed by atoms with van der Waals surface area (Å²) in [5, 5.41) is 23.5. The summed E-state index contributed by atoms with van der Waals surface area (Å²) >= 11 is 7.04. The molecule has 2 heterocycles. The predicted molar refractivity (Wildman–Crippen MR) is 97.6 cm³/mol. The molecular formula is C17H23ClN4O2S. The van der Waals surface area contributed by atoms with Crippen molar-refractivity contribution in [3.05, 3.63) is 10.0 Å². The minimum Gasteiger partial charge on any atom is -0.388 e. The van der Waals surface area contributed by atoms with Gasteiger partial charge < -0.3 is 15.3 Å². The zero-order valence-corrected chi connectivity index (χ0v) is 16.1. The molecule has 2 aliphatic rings. The number of piperidine rings is 1. The summed E-state index contributed by atoms with van der Waals surface area (Å²) in [7, 11) is 0. The van der Waals surface area contributed by atoms with Crippen LogP contribution in [0.5, 0.6) is 0 Å². The molecular weight excluding hydrogens is 360 g/mol. The quantitative estimate of drug-likeness (QED) is 0.817. The number of nitrogens with zero attached hydrogens (tertiary/aromatic N) is 3. The summed E-state index contributed by atoms with van der Waals surface area (Å²) in [5.74, 6) is 0.620. The molecule has 2 N–H and O–H groups in total. The number of halogens is 1. The van der Waals surface area contributed by atoms with Gasteiger partial charge in [0.15, 0.2) is 10.3 Å². The third-order valence-corrected chi connectivity index (χ3v) is 6.86. The highest BCUT2D eigenvalue weighted by Gasteiger charge is 2.54. The molecule has 0 unspecified atom stereocenters. The molecule has 1 aliphatic carbocycles. The van der Waals surface area contributed by atoms with E-state index in [1.807, 2.05) is 11.0 Å². The van der Waals surface area contributed by atoms with E-state index in [-0.39, 0.29) is 16.5 Å². The van der Waals surface area contributed by atoms with E-state index < -0.39 is 5.60 Å². The molecule has 8 heteroatoms. The van der Waals surface area contributed by atoms with E-state index in [1.54, 1.807) is 0 Å². The molecule has 25 heavy (non-hydrogen) atoms. The first kappa shape index (κ1) is 18.4. The Kier molecular flexibility index (Phi) is 4.97.